The van der Waals surface area contributed by atoms with Gasteiger partial charge in [0.1, 0.15) is 5.03 Å². The summed E-state index contributed by atoms with van der Waals surface area (Å²) in [6.45, 7) is 0.480. The van der Waals surface area contributed by atoms with Gasteiger partial charge in [-0.05, 0) is 24.3 Å². The molecule has 2 N–H and O–H groups in total. The highest BCUT2D eigenvalue weighted by molar-refractivity contribution is 7.99. The van der Waals surface area contributed by atoms with Crippen molar-refractivity contribution in [3.05, 3.63) is 46.6 Å². The lowest BCUT2D eigenvalue weighted by Crippen LogP contribution is -2.00. The van der Waals surface area contributed by atoms with Crippen LogP contribution in [0.15, 0.2) is 45.8 Å². The molecule has 1 aromatic carbocycles. The van der Waals surface area contributed by atoms with Crippen LogP contribution in [0.5, 0.6) is 0 Å². The van der Waals surface area contributed by atoms with Crippen molar-refractivity contribution in [1.29, 1.82) is 0 Å². The molecule has 0 spiro atoms. The predicted molar refractivity (Wildman–Crippen MR) is 76.5 cm³/mol. The van der Waals surface area contributed by atoms with E-state index in [9.17, 15) is 0 Å². The molecule has 92 valence electrons. The first-order valence-electron chi connectivity index (χ1n) is 5.36. The fourth-order valence-electron chi connectivity index (χ4n) is 1.69. The van der Waals surface area contributed by atoms with Gasteiger partial charge in [0.05, 0.1) is 5.69 Å². The largest absolute Gasteiger partial charge is 0.325 e. The maximum Gasteiger partial charge on any atom is 0.194 e. The van der Waals surface area contributed by atoms with Crippen molar-refractivity contribution < 1.29 is 0 Å². The van der Waals surface area contributed by atoms with Crippen molar-refractivity contribution in [3.63, 3.8) is 0 Å². The first kappa shape index (κ1) is 12.0. The number of nitrogens with two attached hydrogens (primary N) is 1. The summed E-state index contributed by atoms with van der Waals surface area (Å²) in [5.74, 6) is 0. The van der Waals surface area contributed by atoms with Crippen molar-refractivity contribution in [2.24, 2.45) is 5.73 Å². The molecule has 18 heavy (non-hydrogen) atoms. The molecule has 0 saturated heterocycles. The molecule has 0 atom stereocenters. The monoisotopic (exact) mass is 295 g/mol. The highest BCUT2D eigenvalue weighted by Gasteiger charge is 2.12. The second-order valence-corrected chi connectivity index (χ2v) is 6.05. The van der Waals surface area contributed by atoms with Gasteiger partial charge in [-0.15, -0.1) is 11.3 Å². The van der Waals surface area contributed by atoms with Crippen molar-refractivity contribution in [1.82, 2.24) is 9.38 Å². The Morgan fingerprint density at radius 1 is 1.33 bits per heavy atom. The van der Waals surface area contributed by atoms with Crippen LogP contribution in [-0.4, -0.2) is 9.38 Å². The van der Waals surface area contributed by atoms with E-state index in [2.05, 4.69) is 4.98 Å². The lowest BCUT2D eigenvalue weighted by molar-refractivity contribution is 0.924. The Hall–Kier alpha value is -1.01. The summed E-state index contributed by atoms with van der Waals surface area (Å²) in [5.41, 5.74) is 6.85. The summed E-state index contributed by atoms with van der Waals surface area (Å²) in [5, 5.41) is 3.72. The van der Waals surface area contributed by atoms with Crippen LogP contribution in [0, 0.1) is 0 Å². The van der Waals surface area contributed by atoms with Gasteiger partial charge in [0, 0.05) is 28.0 Å². The second kappa shape index (κ2) is 4.93. The number of hydrogen-bond donors (Lipinski definition) is 1. The van der Waals surface area contributed by atoms with Gasteiger partial charge in [0.25, 0.3) is 0 Å². The van der Waals surface area contributed by atoms with E-state index in [1.165, 1.54) is 0 Å². The number of nitrogens with zero attached hydrogens (tertiary/aromatic N) is 2. The fraction of sp³-hybridized carbons (Fsp3) is 0.0833. The molecule has 0 aliphatic carbocycles. The van der Waals surface area contributed by atoms with Crippen LogP contribution in [0.3, 0.4) is 0 Å². The van der Waals surface area contributed by atoms with Crippen LogP contribution in [0.1, 0.15) is 5.69 Å². The normalized spacial score (nSPS) is 11.2. The van der Waals surface area contributed by atoms with E-state index in [0.29, 0.717) is 6.54 Å². The van der Waals surface area contributed by atoms with E-state index in [1.807, 2.05) is 40.2 Å². The third-order valence-electron chi connectivity index (χ3n) is 2.55. The minimum atomic E-state index is 0.480. The lowest BCUT2D eigenvalue weighted by atomic mass is 10.4. The van der Waals surface area contributed by atoms with Crippen LogP contribution in [-0.2, 0) is 6.54 Å². The number of rotatable bonds is 3. The summed E-state index contributed by atoms with van der Waals surface area (Å²) in [6, 6.07) is 7.73. The van der Waals surface area contributed by atoms with Gasteiger partial charge < -0.3 is 5.73 Å². The molecule has 0 bridgehead atoms. The van der Waals surface area contributed by atoms with Gasteiger partial charge in [-0.2, -0.15) is 0 Å². The molecule has 0 fully saturated rings. The Labute approximate surface area is 118 Å². The van der Waals surface area contributed by atoms with Gasteiger partial charge in [0.2, 0.25) is 0 Å². The van der Waals surface area contributed by atoms with E-state index in [0.717, 1.165) is 25.6 Å². The molecule has 2 heterocycles. The smallest absolute Gasteiger partial charge is 0.194 e. The quantitative estimate of drug-likeness (QED) is 0.802. The summed E-state index contributed by atoms with van der Waals surface area (Å²) in [7, 11) is 0. The minimum absolute atomic E-state index is 0.480. The lowest BCUT2D eigenvalue weighted by Gasteiger charge is -2.01. The predicted octanol–water partition coefficient (Wildman–Crippen LogP) is 3.66. The third-order valence-corrected chi connectivity index (χ3v) is 4.58. The Morgan fingerprint density at radius 2 is 2.11 bits per heavy atom. The van der Waals surface area contributed by atoms with Crippen molar-refractivity contribution >= 4 is 39.7 Å². The van der Waals surface area contributed by atoms with Crippen LogP contribution in [0.25, 0.3) is 4.96 Å². The van der Waals surface area contributed by atoms with Gasteiger partial charge >= 0.3 is 0 Å². The molecule has 0 unspecified atom stereocenters. The maximum absolute atomic E-state index is 5.87. The molecule has 3 nitrogen and oxygen atoms in total. The minimum Gasteiger partial charge on any atom is -0.325 e. The van der Waals surface area contributed by atoms with Gasteiger partial charge in [-0.3, -0.25) is 4.40 Å². The first-order chi connectivity index (χ1) is 8.78. The summed E-state index contributed by atoms with van der Waals surface area (Å²) < 4.78 is 2.04. The zero-order chi connectivity index (χ0) is 12.5. The molecule has 0 amide bonds. The first-order valence-corrected chi connectivity index (χ1v) is 7.43. The molecule has 3 rings (SSSR count). The average molecular weight is 296 g/mol. The molecule has 6 heteroatoms. The number of benzene rings is 1. The number of hydrogen-bond acceptors (Lipinski definition) is 4. The van der Waals surface area contributed by atoms with E-state index in [-0.39, 0.29) is 0 Å². The van der Waals surface area contributed by atoms with Crippen molar-refractivity contribution in [2.45, 2.75) is 16.5 Å². The Balaban J connectivity index is 1.98. The number of fused-ring (bicyclic) bond motifs is 1. The van der Waals surface area contributed by atoms with E-state index < -0.39 is 0 Å². The summed E-state index contributed by atoms with van der Waals surface area (Å²) in [4.78, 5) is 6.68. The standard InChI is InChI=1S/C12H10ClN3S2/c13-8-1-3-9(4-2-8)18-11-10(7-14)16-5-6-17-12(16)15-11/h1-6H,7,14H2. The second-order valence-electron chi connectivity index (χ2n) is 3.68. The number of aromatic nitrogens is 2. The van der Waals surface area contributed by atoms with Crippen molar-refractivity contribution in [3.8, 4) is 0 Å². The van der Waals surface area contributed by atoms with E-state index in [4.69, 9.17) is 17.3 Å². The van der Waals surface area contributed by atoms with Gasteiger partial charge in [-0.25, -0.2) is 4.98 Å². The zero-order valence-electron chi connectivity index (χ0n) is 9.34. The Kier molecular flexibility index (Phi) is 3.30. The fourth-order valence-corrected chi connectivity index (χ4v) is 3.54. The highest BCUT2D eigenvalue weighted by atomic mass is 35.5. The molecular formula is C12H10ClN3S2. The maximum atomic E-state index is 5.87. The van der Waals surface area contributed by atoms with Gasteiger partial charge in [-0.1, -0.05) is 23.4 Å². The molecule has 0 radical (unpaired) electrons. The number of halogens is 1. The molecule has 0 aliphatic rings. The Bertz CT molecular complexity index is 672. The summed E-state index contributed by atoms with van der Waals surface area (Å²) in [6.07, 6.45) is 2.00. The SMILES string of the molecule is NCc1c(Sc2ccc(Cl)cc2)nc2sccn12. The van der Waals surface area contributed by atoms with E-state index in [1.54, 1.807) is 23.1 Å². The molecule has 2 aromatic heterocycles. The van der Waals surface area contributed by atoms with Crippen LogP contribution < -0.4 is 5.73 Å². The van der Waals surface area contributed by atoms with Gasteiger partial charge in [0.15, 0.2) is 4.96 Å². The number of imidazole rings is 1. The molecule has 0 saturated carbocycles. The topological polar surface area (TPSA) is 43.3 Å². The van der Waals surface area contributed by atoms with Crippen LogP contribution >= 0.6 is 34.7 Å². The molecule has 3 aromatic rings. The van der Waals surface area contributed by atoms with Crippen LogP contribution in [0.2, 0.25) is 5.02 Å². The average Bonchev–Trinajstić information content (AvgIpc) is 2.92. The highest BCUT2D eigenvalue weighted by Crippen LogP contribution is 2.32. The van der Waals surface area contributed by atoms with E-state index >= 15 is 0 Å². The summed E-state index contributed by atoms with van der Waals surface area (Å²) >= 11 is 9.10. The van der Waals surface area contributed by atoms with Crippen LogP contribution in [0.4, 0.5) is 0 Å². The Morgan fingerprint density at radius 3 is 2.83 bits per heavy atom. The number of thiazole rings is 1. The zero-order valence-corrected chi connectivity index (χ0v) is 11.7. The van der Waals surface area contributed by atoms with Crippen molar-refractivity contribution in [2.75, 3.05) is 0 Å². The molecular weight excluding hydrogens is 286 g/mol. The third kappa shape index (κ3) is 2.14. The molecule has 0 aliphatic heterocycles.